The third-order valence-corrected chi connectivity index (χ3v) is 2.49. The van der Waals surface area contributed by atoms with Gasteiger partial charge in [0.15, 0.2) is 0 Å². The highest BCUT2D eigenvalue weighted by atomic mass is 79.9. The van der Waals surface area contributed by atoms with Crippen molar-refractivity contribution in [2.75, 3.05) is 0 Å². The number of phenolic OH excluding ortho intramolecular Hbond substituents is 1. The monoisotopic (exact) mass is 254 g/mol. The maximum absolute atomic E-state index is 9.54. The number of hydrogen-bond acceptors (Lipinski definition) is 1. The number of hydrogen-bond donors (Lipinski definition) is 1. The molecule has 0 saturated heterocycles. The molecule has 1 aromatic carbocycles. The van der Waals surface area contributed by atoms with Crippen LogP contribution >= 0.6 is 15.9 Å². The average molecular weight is 255 g/mol. The summed E-state index contributed by atoms with van der Waals surface area (Å²) in [5.41, 5.74) is 0.965. The molecule has 0 aliphatic carbocycles. The van der Waals surface area contributed by atoms with Crippen LogP contribution in [0.5, 0.6) is 5.75 Å². The Morgan fingerprint density at radius 1 is 1.36 bits per heavy atom. The van der Waals surface area contributed by atoms with E-state index in [1.54, 1.807) is 6.07 Å². The predicted octanol–water partition coefficient (Wildman–Crippen LogP) is 4.05. The highest BCUT2D eigenvalue weighted by Crippen LogP contribution is 2.22. The number of allylic oxidation sites excluding steroid dienone is 2. The summed E-state index contributed by atoms with van der Waals surface area (Å²) in [5.74, 6) is 0.370. The van der Waals surface area contributed by atoms with Crippen molar-refractivity contribution in [2.24, 2.45) is 0 Å². The van der Waals surface area contributed by atoms with E-state index >= 15 is 0 Å². The molecule has 76 valence electrons. The Balaban J connectivity index is 2.62. The Labute approximate surface area is 93.6 Å². The second-order valence-corrected chi connectivity index (χ2v) is 4.15. The molecule has 0 spiro atoms. The van der Waals surface area contributed by atoms with Crippen molar-refractivity contribution >= 4 is 15.9 Å². The van der Waals surface area contributed by atoms with E-state index in [1.165, 1.54) is 6.42 Å². The van der Waals surface area contributed by atoms with Gasteiger partial charge in [-0.05, 0) is 36.6 Å². The summed E-state index contributed by atoms with van der Waals surface area (Å²) in [5, 5.41) is 9.54. The van der Waals surface area contributed by atoms with Crippen molar-refractivity contribution in [3.8, 4) is 5.75 Å². The zero-order valence-corrected chi connectivity index (χ0v) is 9.92. The lowest BCUT2D eigenvalue weighted by Gasteiger charge is -2.01. The van der Waals surface area contributed by atoms with E-state index in [0.29, 0.717) is 5.75 Å². The zero-order valence-electron chi connectivity index (χ0n) is 8.33. The lowest BCUT2D eigenvalue weighted by Crippen LogP contribution is -1.82. The van der Waals surface area contributed by atoms with Crippen LogP contribution in [0.2, 0.25) is 0 Å². The maximum Gasteiger partial charge on any atom is 0.119 e. The lowest BCUT2D eigenvalue weighted by atomic mass is 10.1. The van der Waals surface area contributed by atoms with Crippen LogP contribution in [-0.4, -0.2) is 5.11 Å². The van der Waals surface area contributed by atoms with Crippen molar-refractivity contribution in [3.05, 3.63) is 40.4 Å². The third-order valence-electron chi connectivity index (χ3n) is 2.00. The highest BCUT2D eigenvalue weighted by Gasteiger charge is 1.98. The molecular weight excluding hydrogens is 240 g/mol. The standard InChI is InChI=1S/C12H15BrO/c1-2-3-4-5-6-10-9-11(13)7-8-12(10)14/h4-5,7-9,14H,2-3,6H2,1H3/b5-4-. The molecule has 14 heavy (non-hydrogen) atoms. The number of rotatable bonds is 4. The van der Waals surface area contributed by atoms with Crippen LogP contribution in [-0.2, 0) is 6.42 Å². The molecule has 0 amide bonds. The van der Waals surface area contributed by atoms with Gasteiger partial charge in [0.25, 0.3) is 0 Å². The lowest BCUT2D eigenvalue weighted by molar-refractivity contribution is 0.469. The minimum Gasteiger partial charge on any atom is -0.508 e. The maximum atomic E-state index is 9.54. The summed E-state index contributed by atoms with van der Waals surface area (Å²) < 4.78 is 1.01. The first-order valence-electron chi connectivity index (χ1n) is 4.86. The summed E-state index contributed by atoms with van der Waals surface area (Å²) in [6, 6.07) is 5.51. The minimum atomic E-state index is 0.370. The number of halogens is 1. The highest BCUT2D eigenvalue weighted by molar-refractivity contribution is 9.10. The quantitative estimate of drug-likeness (QED) is 0.804. The molecule has 1 nitrogen and oxygen atoms in total. The van der Waals surface area contributed by atoms with Gasteiger partial charge >= 0.3 is 0 Å². The van der Waals surface area contributed by atoms with E-state index in [4.69, 9.17) is 0 Å². The molecule has 0 atom stereocenters. The number of unbranched alkanes of at least 4 members (excludes halogenated alkanes) is 1. The SMILES string of the molecule is CCC/C=C\Cc1cc(Br)ccc1O. The average Bonchev–Trinajstić information content (AvgIpc) is 2.18. The minimum absolute atomic E-state index is 0.370. The number of benzene rings is 1. The van der Waals surface area contributed by atoms with Gasteiger partial charge in [0.2, 0.25) is 0 Å². The molecule has 0 aliphatic rings. The van der Waals surface area contributed by atoms with Gasteiger partial charge < -0.3 is 5.11 Å². The Bertz CT molecular complexity index is 318. The molecule has 0 aromatic heterocycles. The Morgan fingerprint density at radius 2 is 2.14 bits per heavy atom. The van der Waals surface area contributed by atoms with Crippen LogP contribution in [0.1, 0.15) is 25.3 Å². The van der Waals surface area contributed by atoms with Gasteiger partial charge in [-0.1, -0.05) is 41.4 Å². The summed E-state index contributed by atoms with van der Waals surface area (Å²) in [6.07, 6.45) is 7.33. The van der Waals surface area contributed by atoms with Crippen LogP contribution in [0.25, 0.3) is 0 Å². The molecule has 0 bridgehead atoms. The number of phenols is 1. The molecule has 0 fully saturated rings. The van der Waals surface area contributed by atoms with Gasteiger partial charge in [0, 0.05) is 4.47 Å². The Hall–Kier alpha value is -0.760. The molecule has 0 unspecified atom stereocenters. The molecule has 0 aliphatic heterocycles. The first-order chi connectivity index (χ1) is 6.74. The molecule has 0 saturated carbocycles. The fourth-order valence-corrected chi connectivity index (χ4v) is 1.62. The molecule has 0 heterocycles. The van der Waals surface area contributed by atoms with E-state index in [-0.39, 0.29) is 0 Å². The Morgan fingerprint density at radius 3 is 2.86 bits per heavy atom. The fraction of sp³-hybridized carbons (Fsp3) is 0.333. The van der Waals surface area contributed by atoms with Crippen LogP contribution in [0.4, 0.5) is 0 Å². The molecular formula is C12H15BrO. The van der Waals surface area contributed by atoms with Gasteiger partial charge in [-0.25, -0.2) is 0 Å². The zero-order chi connectivity index (χ0) is 10.4. The van der Waals surface area contributed by atoms with E-state index in [2.05, 4.69) is 35.0 Å². The van der Waals surface area contributed by atoms with Crippen molar-refractivity contribution < 1.29 is 5.11 Å². The van der Waals surface area contributed by atoms with Gasteiger partial charge in [0.1, 0.15) is 5.75 Å². The topological polar surface area (TPSA) is 20.2 Å². The van der Waals surface area contributed by atoms with Crippen LogP contribution in [0, 0.1) is 0 Å². The molecule has 2 heteroatoms. The Kier molecular flexibility index (Phi) is 4.74. The number of aromatic hydroxyl groups is 1. The molecule has 1 rings (SSSR count). The summed E-state index contributed by atoms with van der Waals surface area (Å²) in [7, 11) is 0. The van der Waals surface area contributed by atoms with Crippen LogP contribution < -0.4 is 0 Å². The van der Waals surface area contributed by atoms with Crippen molar-refractivity contribution in [1.82, 2.24) is 0 Å². The third kappa shape index (κ3) is 3.54. The van der Waals surface area contributed by atoms with E-state index < -0.39 is 0 Å². The van der Waals surface area contributed by atoms with Gasteiger partial charge in [-0.15, -0.1) is 0 Å². The van der Waals surface area contributed by atoms with Gasteiger partial charge in [-0.3, -0.25) is 0 Å². The first kappa shape index (κ1) is 11.3. The van der Waals surface area contributed by atoms with E-state index in [0.717, 1.165) is 22.9 Å². The first-order valence-corrected chi connectivity index (χ1v) is 5.65. The van der Waals surface area contributed by atoms with Crippen molar-refractivity contribution in [1.29, 1.82) is 0 Å². The summed E-state index contributed by atoms with van der Waals surface area (Å²) in [6.45, 7) is 2.15. The normalized spacial score (nSPS) is 11.0. The predicted molar refractivity (Wildman–Crippen MR) is 63.6 cm³/mol. The second-order valence-electron chi connectivity index (χ2n) is 3.24. The molecule has 1 N–H and O–H groups in total. The largest absolute Gasteiger partial charge is 0.508 e. The summed E-state index contributed by atoms with van der Waals surface area (Å²) >= 11 is 3.38. The van der Waals surface area contributed by atoms with Gasteiger partial charge in [-0.2, -0.15) is 0 Å². The van der Waals surface area contributed by atoms with E-state index in [9.17, 15) is 5.11 Å². The second kappa shape index (κ2) is 5.86. The molecule has 1 aromatic rings. The van der Waals surface area contributed by atoms with Crippen LogP contribution in [0.15, 0.2) is 34.8 Å². The van der Waals surface area contributed by atoms with Gasteiger partial charge in [0.05, 0.1) is 0 Å². The molecule has 0 radical (unpaired) electrons. The smallest absolute Gasteiger partial charge is 0.119 e. The summed E-state index contributed by atoms with van der Waals surface area (Å²) in [4.78, 5) is 0. The van der Waals surface area contributed by atoms with Crippen molar-refractivity contribution in [3.63, 3.8) is 0 Å². The van der Waals surface area contributed by atoms with Crippen molar-refractivity contribution in [2.45, 2.75) is 26.2 Å². The van der Waals surface area contributed by atoms with Crippen LogP contribution in [0.3, 0.4) is 0 Å². The fourth-order valence-electron chi connectivity index (χ4n) is 1.21. The van der Waals surface area contributed by atoms with E-state index in [1.807, 2.05) is 12.1 Å².